The van der Waals surface area contributed by atoms with Crippen molar-refractivity contribution in [2.75, 3.05) is 51.3 Å². The van der Waals surface area contributed by atoms with Gasteiger partial charge in [-0.2, -0.15) is 13.2 Å². The highest BCUT2D eigenvalue weighted by molar-refractivity contribution is 6.42. The summed E-state index contributed by atoms with van der Waals surface area (Å²) in [7, 11) is 1.80. The number of carbonyl (C=O) groups excluding carboxylic acids is 1. The van der Waals surface area contributed by atoms with Gasteiger partial charge in [-0.3, -0.25) is 9.69 Å². The molecule has 2 aliphatic heterocycles. The Hall–Kier alpha value is -2.92. The van der Waals surface area contributed by atoms with Crippen LogP contribution in [-0.4, -0.2) is 73.2 Å². The van der Waals surface area contributed by atoms with Gasteiger partial charge in [0.15, 0.2) is 0 Å². The molecule has 3 heterocycles. The minimum atomic E-state index is -4.77. The maximum Gasteiger partial charge on any atom is 0.419 e. The Morgan fingerprint density at radius 3 is 2.44 bits per heavy atom. The summed E-state index contributed by atoms with van der Waals surface area (Å²) >= 11 is 12.5. The van der Waals surface area contributed by atoms with Gasteiger partial charge in [0.25, 0.3) is 5.91 Å². The Bertz CT molecular complexity index is 1400. The van der Waals surface area contributed by atoms with E-state index in [1.165, 1.54) is 6.07 Å². The Balaban J connectivity index is 1.37. The molecular formula is C29H28Cl2F4N4O2. The molecule has 2 saturated heterocycles. The summed E-state index contributed by atoms with van der Waals surface area (Å²) in [5.74, 6) is -0.909. The molecule has 0 spiro atoms. The van der Waals surface area contributed by atoms with Gasteiger partial charge in [-0.25, -0.2) is 9.37 Å². The maximum atomic E-state index is 14.3. The molecule has 0 saturated carbocycles. The second-order valence-electron chi connectivity index (χ2n) is 10.3. The third kappa shape index (κ3) is 6.61. The predicted octanol–water partition coefficient (Wildman–Crippen LogP) is 6.12. The molecule has 5 rings (SSSR count). The van der Waals surface area contributed by atoms with E-state index < -0.39 is 17.6 Å². The van der Waals surface area contributed by atoms with Crippen LogP contribution in [0.2, 0.25) is 10.0 Å². The van der Waals surface area contributed by atoms with E-state index in [4.69, 9.17) is 27.9 Å². The maximum absolute atomic E-state index is 14.3. The van der Waals surface area contributed by atoms with E-state index in [1.807, 2.05) is 17.0 Å². The molecule has 218 valence electrons. The average molecular weight is 611 g/mol. The third-order valence-corrected chi connectivity index (χ3v) is 8.35. The molecule has 41 heavy (non-hydrogen) atoms. The molecule has 2 aliphatic rings. The second kappa shape index (κ2) is 12.1. The van der Waals surface area contributed by atoms with E-state index in [0.717, 1.165) is 36.6 Å². The van der Waals surface area contributed by atoms with Gasteiger partial charge in [0.05, 0.1) is 34.4 Å². The van der Waals surface area contributed by atoms with Gasteiger partial charge >= 0.3 is 6.18 Å². The first-order chi connectivity index (χ1) is 19.5. The highest BCUT2D eigenvalue weighted by Gasteiger charge is 2.39. The van der Waals surface area contributed by atoms with Crippen LogP contribution in [0.1, 0.15) is 33.0 Å². The number of anilines is 1. The summed E-state index contributed by atoms with van der Waals surface area (Å²) in [4.78, 5) is 23.8. The van der Waals surface area contributed by atoms with Crippen molar-refractivity contribution in [2.45, 2.75) is 24.7 Å². The zero-order valence-electron chi connectivity index (χ0n) is 22.2. The third-order valence-electron chi connectivity index (χ3n) is 7.61. The van der Waals surface area contributed by atoms with Crippen LogP contribution in [0.25, 0.3) is 0 Å². The smallest absolute Gasteiger partial charge is 0.378 e. The zero-order chi connectivity index (χ0) is 29.3. The molecule has 1 aromatic heterocycles. The lowest BCUT2D eigenvalue weighted by Gasteiger charge is -2.29. The summed E-state index contributed by atoms with van der Waals surface area (Å²) in [5, 5.41) is 0.779. The van der Waals surface area contributed by atoms with Crippen molar-refractivity contribution >= 4 is 34.9 Å². The normalized spacial score (nSPS) is 19.7. The molecule has 0 aliphatic carbocycles. The fraction of sp³-hybridized carbons (Fsp3) is 0.379. The van der Waals surface area contributed by atoms with E-state index in [2.05, 4.69) is 9.88 Å². The van der Waals surface area contributed by atoms with Crippen molar-refractivity contribution in [1.82, 2.24) is 14.8 Å². The van der Waals surface area contributed by atoms with Crippen molar-refractivity contribution in [3.8, 4) is 0 Å². The monoisotopic (exact) mass is 610 g/mol. The van der Waals surface area contributed by atoms with Crippen molar-refractivity contribution in [3.63, 3.8) is 0 Å². The highest BCUT2D eigenvalue weighted by atomic mass is 35.5. The van der Waals surface area contributed by atoms with Crippen molar-refractivity contribution in [1.29, 1.82) is 0 Å². The van der Waals surface area contributed by atoms with Crippen molar-refractivity contribution < 1.29 is 27.1 Å². The lowest BCUT2D eigenvalue weighted by atomic mass is 9.93. The molecule has 0 N–H and O–H groups in total. The van der Waals surface area contributed by atoms with Crippen molar-refractivity contribution in [3.05, 3.63) is 92.8 Å². The molecule has 2 atom stereocenters. The summed E-state index contributed by atoms with van der Waals surface area (Å²) in [6.07, 6.45) is -3.20. The standard InChI is InChI=1S/C29H28Cl2F4N4O2/c1-37(15-18-2-5-22(25(32)12-18)29(33,34)35)26-17-39(16-21(26)19-3-6-23(30)24(31)13-19)28(40)20-4-7-27(36-14-20)38-8-10-41-11-9-38/h2-7,12-14,21,26H,8-11,15-17H2,1H3/t21-,26-/m1/s1. The number of alkyl halides is 3. The van der Waals surface area contributed by atoms with Crippen LogP contribution in [0.5, 0.6) is 0 Å². The number of rotatable bonds is 6. The molecule has 12 heteroatoms. The number of likely N-dealkylation sites (tertiary alicyclic amines) is 1. The van der Waals surface area contributed by atoms with Crippen LogP contribution in [0.4, 0.5) is 23.4 Å². The first-order valence-corrected chi connectivity index (χ1v) is 13.9. The summed E-state index contributed by atoms with van der Waals surface area (Å²) in [5.41, 5.74) is 0.399. The first kappa shape index (κ1) is 29.6. The molecule has 2 aromatic carbocycles. The quantitative estimate of drug-likeness (QED) is 0.315. The molecule has 0 bridgehead atoms. The molecule has 1 amide bonds. The molecule has 0 radical (unpaired) electrons. The van der Waals surface area contributed by atoms with Gasteiger partial charge in [0.2, 0.25) is 0 Å². The van der Waals surface area contributed by atoms with Crippen LogP contribution >= 0.6 is 23.2 Å². The van der Waals surface area contributed by atoms with E-state index >= 15 is 0 Å². The number of hydrogen-bond acceptors (Lipinski definition) is 5. The second-order valence-corrected chi connectivity index (χ2v) is 11.1. The number of nitrogens with zero attached hydrogens (tertiary/aromatic N) is 4. The number of likely N-dealkylation sites (N-methyl/N-ethyl adjacent to an activating group) is 1. The topological polar surface area (TPSA) is 48.9 Å². The van der Waals surface area contributed by atoms with Crippen LogP contribution in [0, 0.1) is 5.82 Å². The highest BCUT2D eigenvalue weighted by Crippen LogP contribution is 2.36. The number of amides is 1. The molecule has 3 aromatic rings. The summed E-state index contributed by atoms with van der Waals surface area (Å²) in [6, 6.07) is 11.6. The molecule has 0 unspecified atom stereocenters. The Kier molecular flexibility index (Phi) is 8.75. The number of benzene rings is 2. The van der Waals surface area contributed by atoms with Crippen LogP contribution in [0.3, 0.4) is 0 Å². The lowest BCUT2D eigenvalue weighted by molar-refractivity contribution is -0.140. The number of halogens is 6. The van der Waals surface area contributed by atoms with Gasteiger partial charge in [-0.05, 0) is 54.6 Å². The minimum absolute atomic E-state index is 0.176. The number of hydrogen-bond donors (Lipinski definition) is 0. The SMILES string of the molecule is CN(Cc1ccc(C(F)(F)F)c(F)c1)[C@@H]1CN(C(=O)c2ccc(N3CCOCC3)nc2)C[C@@H]1c1ccc(Cl)c(Cl)c1. The number of pyridine rings is 1. The van der Waals surface area contributed by atoms with E-state index in [-0.39, 0.29) is 24.4 Å². The number of carbonyl (C=O) groups is 1. The lowest BCUT2D eigenvalue weighted by Crippen LogP contribution is -2.38. The van der Waals surface area contributed by atoms with Gasteiger partial charge in [0.1, 0.15) is 11.6 Å². The number of ether oxygens (including phenoxy) is 1. The summed E-state index contributed by atoms with van der Waals surface area (Å²) in [6.45, 7) is 3.60. The first-order valence-electron chi connectivity index (χ1n) is 13.1. The summed E-state index contributed by atoms with van der Waals surface area (Å²) < 4.78 is 58.8. The van der Waals surface area contributed by atoms with Crippen molar-refractivity contribution in [2.24, 2.45) is 0 Å². The predicted molar refractivity (Wildman–Crippen MR) is 149 cm³/mol. The Morgan fingerprint density at radius 2 is 1.80 bits per heavy atom. The molecular weight excluding hydrogens is 583 g/mol. The van der Waals surface area contributed by atoms with E-state index in [1.54, 1.807) is 36.3 Å². The van der Waals surface area contributed by atoms with Gasteiger partial charge < -0.3 is 14.5 Å². The Labute approximate surface area is 245 Å². The Morgan fingerprint density at radius 1 is 1.05 bits per heavy atom. The fourth-order valence-electron chi connectivity index (χ4n) is 5.44. The van der Waals surface area contributed by atoms with Crippen LogP contribution < -0.4 is 4.90 Å². The number of morpholine rings is 1. The van der Waals surface area contributed by atoms with E-state index in [9.17, 15) is 22.4 Å². The fourth-order valence-corrected chi connectivity index (χ4v) is 5.74. The largest absolute Gasteiger partial charge is 0.419 e. The number of aromatic nitrogens is 1. The van der Waals surface area contributed by atoms with Gasteiger partial charge in [-0.1, -0.05) is 35.3 Å². The van der Waals surface area contributed by atoms with Gasteiger partial charge in [0, 0.05) is 50.9 Å². The average Bonchev–Trinajstić information content (AvgIpc) is 3.40. The van der Waals surface area contributed by atoms with Gasteiger partial charge in [-0.15, -0.1) is 0 Å². The van der Waals surface area contributed by atoms with E-state index in [0.29, 0.717) is 47.5 Å². The zero-order valence-corrected chi connectivity index (χ0v) is 23.7. The van der Waals surface area contributed by atoms with Crippen LogP contribution in [0.15, 0.2) is 54.7 Å². The van der Waals surface area contributed by atoms with Crippen LogP contribution in [-0.2, 0) is 17.5 Å². The molecule has 2 fully saturated rings. The molecule has 6 nitrogen and oxygen atoms in total. The minimum Gasteiger partial charge on any atom is -0.378 e.